The van der Waals surface area contributed by atoms with Crippen LogP contribution in [0.25, 0.3) is 0 Å². The molecule has 0 saturated carbocycles. The van der Waals surface area contributed by atoms with Gasteiger partial charge in [-0.15, -0.1) is 0 Å². The van der Waals surface area contributed by atoms with E-state index in [-0.39, 0.29) is 19.4 Å². The van der Waals surface area contributed by atoms with Gasteiger partial charge in [0.15, 0.2) is 6.10 Å². The Hall–Kier alpha value is -2.33. The summed E-state index contributed by atoms with van der Waals surface area (Å²) in [5, 5.41) is 18.3. The Morgan fingerprint density at radius 1 is 0.588 bits per heavy atom. The summed E-state index contributed by atoms with van der Waals surface area (Å²) in [5.41, 5.74) is 0. The Labute approximate surface area is 308 Å². The van der Waals surface area contributed by atoms with E-state index in [4.69, 9.17) is 19.1 Å². The smallest absolute Gasteiger partial charge is 0.462 e. The van der Waals surface area contributed by atoms with E-state index in [1.807, 2.05) is 0 Å². The van der Waals surface area contributed by atoms with Crippen molar-refractivity contribution >= 4 is 19.8 Å². The van der Waals surface area contributed by atoms with E-state index in [1.54, 1.807) is 0 Å². The molecule has 3 N–H and O–H groups in total. The highest BCUT2D eigenvalue weighted by Gasteiger charge is 2.27. The first kappa shape index (κ1) is 48.7. The van der Waals surface area contributed by atoms with Crippen molar-refractivity contribution in [3.63, 3.8) is 0 Å². The number of hydrogen-bond donors (Lipinski definition) is 3. The van der Waals surface area contributed by atoms with Crippen molar-refractivity contribution in [3.8, 4) is 0 Å². The van der Waals surface area contributed by atoms with Gasteiger partial charge < -0.3 is 24.6 Å². The lowest BCUT2D eigenvalue weighted by atomic mass is 10.1. The van der Waals surface area contributed by atoms with Gasteiger partial charge in [-0.25, -0.2) is 4.57 Å². The second-order valence-electron chi connectivity index (χ2n) is 12.6. The van der Waals surface area contributed by atoms with Gasteiger partial charge in [0.05, 0.1) is 19.8 Å². The van der Waals surface area contributed by atoms with Gasteiger partial charge in [0.25, 0.3) is 0 Å². The van der Waals surface area contributed by atoms with Crippen molar-refractivity contribution in [1.29, 1.82) is 0 Å². The van der Waals surface area contributed by atoms with Crippen LogP contribution in [-0.2, 0) is 32.7 Å². The normalized spacial score (nSPS) is 14.7. The van der Waals surface area contributed by atoms with Crippen molar-refractivity contribution in [3.05, 3.63) is 60.8 Å². The molecule has 11 heteroatoms. The highest BCUT2D eigenvalue weighted by Crippen LogP contribution is 2.43. The third kappa shape index (κ3) is 35.8. The number of esters is 2. The fraction of sp³-hybridized carbons (Fsp3) is 0.700. The first-order valence-corrected chi connectivity index (χ1v) is 20.7. The van der Waals surface area contributed by atoms with Gasteiger partial charge in [-0.3, -0.25) is 18.6 Å². The largest absolute Gasteiger partial charge is 0.472 e. The quantitative estimate of drug-likeness (QED) is 0.0248. The molecule has 0 aliphatic heterocycles. The number of aliphatic hydroxyl groups excluding tert-OH is 2. The molecule has 0 aliphatic carbocycles. The minimum atomic E-state index is -4.62. The van der Waals surface area contributed by atoms with Crippen LogP contribution >= 0.6 is 7.82 Å². The number of carbonyl (C=O) groups excluding carboxylic acids is 2. The Bertz CT molecular complexity index is 1040. The van der Waals surface area contributed by atoms with Crippen LogP contribution in [-0.4, -0.2) is 65.7 Å². The summed E-state index contributed by atoms with van der Waals surface area (Å²) in [4.78, 5) is 34.8. The van der Waals surface area contributed by atoms with Crippen LogP contribution in [0.4, 0.5) is 0 Å². The van der Waals surface area contributed by atoms with Crippen LogP contribution in [0.2, 0.25) is 0 Å². The molecule has 0 spiro atoms. The fourth-order valence-electron chi connectivity index (χ4n) is 4.61. The average Bonchev–Trinajstić information content (AvgIpc) is 3.12. The van der Waals surface area contributed by atoms with Crippen LogP contribution in [0.3, 0.4) is 0 Å². The predicted octanol–water partition coefficient (Wildman–Crippen LogP) is 9.55. The van der Waals surface area contributed by atoms with Crippen molar-refractivity contribution in [2.24, 2.45) is 0 Å². The number of allylic oxidation sites excluding steroid dienone is 10. The molecule has 0 aliphatic rings. The fourth-order valence-corrected chi connectivity index (χ4v) is 5.40. The van der Waals surface area contributed by atoms with Crippen molar-refractivity contribution in [2.75, 3.05) is 26.4 Å². The van der Waals surface area contributed by atoms with E-state index in [9.17, 15) is 24.2 Å². The van der Waals surface area contributed by atoms with Crippen molar-refractivity contribution < 1.29 is 47.8 Å². The molecule has 0 heterocycles. The third-order valence-electron chi connectivity index (χ3n) is 7.63. The molecule has 0 aromatic carbocycles. The molecule has 0 radical (unpaired) electrons. The highest BCUT2D eigenvalue weighted by molar-refractivity contribution is 7.47. The van der Waals surface area contributed by atoms with Crippen LogP contribution in [0, 0.1) is 0 Å². The van der Waals surface area contributed by atoms with Gasteiger partial charge in [-0.2, -0.15) is 0 Å². The molecule has 0 aromatic heterocycles. The topological polar surface area (TPSA) is 149 Å². The molecule has 3 atom stereocenters. The van der Waals surface area contributed by atoms with E-state index in [1.165, 1.54) is 19.3 Å². The summed E-state index contributed by atoms with van der Waals surface area (Å²) in [6.45, 7) is 2.19. The maximum atomic E-state index is 12.5. The maximum Gasteiger partial charge on any atom is 0.472 e. The summed E-state index contributed by atoms with van der Waals surface area (Å²) >= 11 is 0. The Balaban J connectivity index is 4.45. The average molecular weight is 741 g/mol. The number of carbonyl (C=O) groups is 2. The minimum absolute atomic E-state index is 0.142. The number of rotatable bonds is 35. The number of phosphoric acid groups is 1. The SMILES string of the molecule is CCC/C=C/C/C=C/C/C=C/C/C=C/CCCCCC(=O)O[C@H](COC(=O)CCCCCCC/C=C/CCCC)COP(=O)(O)OC[C@@H](O)CO. The number of phosphoric ester groups is 1. The van der Waals surface area contributed by atoms with Gasteiger partial charge in [0.1, 0.15) is 12.7 Å². The molecule has 51 heavy (non-hydrogen) atoms. The number of unbranched alkanes of at least 4 members (excludes halogenated alkanes) is 11. The molecular weight excluding hydrogens is 671 g/mol. The third-order valence-corrected chi connectivity index (χ3v) is 8.58. The van der Waals surface area contributed by atoms with Gasteiger partial charge in [-0.05, 0) is 70.6 Å². The van der Waals surface area contributed by atoms with Gasteiger partial charge >= 0.3 is 19.8 Å². The van der Waals surface area contributed by atoms with Gasteiger partial charge in [0.2, 0.25) is 0 Å². The zero-order valence-corrected chi connectivity index (χ0v) is 32.4. The first-order chi connectivity index (χ1) is 24.7. The van der Waals surface area contributed by atoms with Crippen LogP contribution in [0.1, 0.15) is 142 Å². The lowest BCUT2D eigenvalue weighted by Crippen LogP contribution is -2.29. The Morgan fingerprint density at radius 3 is 1.65 bits per heavy atom. The molecule has 10 nitrogen and oxygen atoms in total. The lowest BCUT2D eigenvalue weighted by Gasteiger charge is -2.20. The number of hydrogen-bond acceptors (Lipinski definition) is 9. The predicted molar refractivity (Wildman–Crippen MR) is 205 cm³/mol. The van der Waals surface area contributed by atoms with E-state index < -0.39 is 51.8 Å². The summed E-state index contributed by atoms with van der Waals surface area (Å²) in [6.07, 6.45) is 37.6. The molecule has 0 bridgehead atoms. The minimum Gasteiger partial charge on any atom is -0.462 e. The van der Waals surface area contributed by atoms with Crippen molar-refractivity contribution in [2.45, 2.75) is 154 Å². The zero-order chi connectivity index (χ0) is 37.7. The van der Waals surface area contributed by atoms with Crippen LogP contribution in [0.15, 0.2) is 60.8 Å². The summed E-state index contributed by atoms with van der Waals surface area (Å²) in [7, 11) is -4.62. The molecule has 1 unspecified atom stereocenters. The summed E-state index contributed by atoms with van der Waals surface area (Å²) in [5.74, 6) is -0.980. The molecule has 0 fully saturated rings. The second kappa shape index (κ2) is 36.0. The van der Waals surface area contributed by atoms with E-state index in [0.717, 1.165) is 83.5 Å². The van der Waals surface area contributed by atoms with E-state index in [0.29, 0.717) is 12.8 Å². The van der Waals surface area contributed by atoms with Gasteiger partial charge in [0, 0.05) is 12.8 Å². The Morgan fingerprint density at radius 2 is 1.06 bits per heavy atom. The Kier molecular flexibility index (Phi) is 34.4. The maximum absolute atomic E-state index is 12.5. The van der Waals surface area contributed by atoms with E-state index in [2.05, 4.69) is 79.1 Å². The summed E-state index contributed by atoms with van der Waals surface area (Å²) in [6, 6.07) is 0. The monoisotopic (exact) mass is 740 g/mol. The molecular formula is C40H69O10P. The second-order valence-corrected chi connectivity index (χ2v) is 14.0. The molecule has 0 aromatic rings. The number of aliphatic hydroxyl groups is 2. The van der Waals surface area contributed by atoms with Crippen molar-refractivity contribution in [1.82, 2.24) is 0 Å². The number of ether oxygens (including phenoxy) is 2. The first-order valence-electron chi connectivity index (χ1n) is 19.2. The van der Waals surface area contributed by atoms with Crippen LogP contribution < -0.4 is 0 Å². The molecule has 294 valence electrons. The summed E-state index contributed by atoms with van der Waals surface area (Å²) < 4.78 is 32.5. The zero-order valence-electron chi connectivity index (χ0n) is 31.5. The molecule has 0 rings (SSSR count). The molecule has 0 saturated heterocycles. The lowest BCUT2D eigenvalue weighted by molar-refractivity contribution is -0.161. The standard InChI is InChI=1S/C40H69O10P/c1-3-5-7-9-11-13-15-16-17-18-19-20-22-24-26-28-30-32-40(44)50-38(36-49-51(45,46)48-34-37(42)33-41)35-47-39(43)31-29-27-25-23-21-14-12-10-8-6-4-2/h7,9-10,12-13,15,17-18,20,22,37-38,41-42H,3-6,8,11,14,16,19,21,23-36H2,1-2H3,(H,45,46)/b9-7+,12-10+,15-13+,18-17+,22-20+/t37-,38+/m0/s1. The highest BCUT2D eigenvalue weighted by atomic mass is 31.2. The van der Waals surface area contributed by atoms with Crippen LogP contribution in [0.5, 0.6) is 0 Å². The van der Waals surface area contributed by atoms with Gasteiger partial charge in [-0.1, -0.05) is 120 Å². The molecule has 0 amide bonds. The van der Waals surface area contributed by atoms with E-state index >= 15 is 0 Å².